The van der Waals surface area contributed by atoms with Crippen LogP contribution in [0.5, 0.6) is 0 Å². The second-order valence-electron chi connectivity index (χ2n) is 5.32. The van der Waals surface area contributed by atoms with Gasteiger partial charge in [-0.25, -0.2) is 0 Å². The predicted molar refractivity (Wildman–Crippen MR) is 96.0 cm³/mol. The van der Waals surface area contributed by atoms with Crippen LogP contribution in [0.25, 0.3) is 0 Å². The van der Waals surface area contributed by atoms with Gasteiger partial charge in [0.1, 0.15) is 6.04 Å². The first kappa shape index (κ1) is 16.7. The number of aromatic nitrogens is 4. The summed E-state index contributed by atoms with van der Waals surface area (Å²) in [4.78, 5) is 12.3. The van der Waals surface area contributed by atoms with Crippen molar-refractivity contribution in [3.8, 4) is 0 Å². The minimum atomic E-state index is -0.428. The molecule has 6 nitrogen and oxygen atoms in total. The van der Waals surface area contributed by atoms with Gasteiger partial charge in [-0.1, -0.05) is 29.8 Å². The standard InChI is InChI=1S/C16H15BrClN5O/c1-11(23-9-13(17)6-20-23)16(24)21-14-7-19-22(10-14)8-12-4-2-3-5-15(12)18/h2-7,9-11H,8H2,1H3,(H,21,24). The fourth-order valence-corrected chi connectivity index (χ4v) is 2.71. The summed E-state index contributed by atoms with van der Waals surface area (Å²) in [5.41, 5.74) is 1.60. The summed E-state index contributed by atoms with van der Waals surface area (Å²) in [6.07, 6.45) is 6.78. The zero-order valence-electron chi connectivity index (χ0n) is 12.9. The maximum absolute atomic E-state index is 12.3. The Balaban J connectivity index is 1.65. The number of benzene rings is 1. The van der Waals surface area contributed by atoms with Crippen molar-refractivity contribution in [1.82, 2.24) is 19.6 Å². The Hall–Kier alpha value is -2.12. The third kappa shape index (κ3) is 3.85. The number of anilines is 1. The fourth-order valence-electron chi connectivity index (χ4n) is 2.21. The Bertz CT molecular complexity index is 860. The van der Waals surface area contributed by atoms with Gasteiger partial charge in [-0.3, -0.25) is 14.2 Å². The van der Waals surface area contributed by atoms with Crippen molar-refractivity contribution < 1.29 is 4.79 Å². The van der Waals surface area contributed by atoms with E-state index in [1.807, 2.05) is 24.3 Å². The van der Waals surface area contributed by atoms with E-state index in [2.05, 4.69) is 31.4 Å². The lowest BCUT2D eigenvalue weighted by Gasteiger charge is -2.11. The van der Waals surface area contributed by atoms with Gasteiger partial charge in [-0.05, 0) is 34.5 Å². The Labute approximate surface area is 152 Å². The average Bonchev–Trinajstić information content (AvgIpc) is 3.18. The molecule has 1 amide bonds. The fraction of sp³-hybridized carbons (Fsp3) is 0.188. The number of carbonyl (C=O) groups is 1. The molecule has 0 aliphatic rings. The summed E-state index contributed by atoms with van der Waals surface area (Å²) < 4.78 is 4.15. The SMILES string of the molecule is CC(C(=O)Nc1cnn(Cc2ccccc2Cl)c1)n1cc(Br)cn1. The van der Waals surface area contributed by atoms with Crippen molar-refractivity contribution in [3.05, 3.63) is 64.1 Å². The highest BCUT2D eigenvalue weighted by atomic mass is 79.9. The summed E-state index contributed by atoms with van der Waals surface area (Å²) in [5.74, 6) is -0.164. The monoisotopic (exact) mass is 407 g/mol. The van der Waals surface area contributed by atoms with Crippen LogP contribution in [0.1, 0.15) is 18.5 Å². The van der Waals surface area contributed by atoms with E-state index in [9.17, 15) is 4.79 Å². The Morgan fingerprint density at radius 2 is 2.08 bits per heavy atom. The maximum atomic E-state index is 12.3. The summed E-state index contributed by atoms with van der Waals surface area (Å²) in [5, 5.41) is 11.9. The smallest absolute Gasteiger partial charge is 0.249 e. The average molecular weight is 409 g/mol. The molecule has 3 aromatic rings. The molecule has 0 radical (unpaired) electrons. The van der Waals surface area contributed by atoms with Crippen LogP contribution in [-0.4, -0.2) is 25.5 Å². The van der Waals surface area contributed by atoms with Gasteiger partial charge in [-0.15, -0.1) is 0 Å². The van der Waals surface area contributed by atoms with Gasteiger partial charge in [0.2, 0.25) is 5.91 Å². The van der Waals surface area contributed by atoms with E-state index in [-0.39, 0.29) is 5.91 Å². The third-order valence-electron chi connectivity index (χ3n) is 3.54. The van der Waals surface area contributed by atoms with Gasteiger partial charge >= 0.3 is 0 Å². The van der Waals surface area contributed by atoms with Crippen LogP contribution >= 0.6 is 27.5 Å². The van der Waals surface area contributed by atoms with Gasteiger partial charge in [0.25, 0.3) is 0 Å². The Morgan fingerprint density at radius 1 is 1.29 bits per heavy atom. The molecule has 0 aliphatic carbocycles. The molecular weight excluding hydrogens is 394 g/mol. The molecule has 24 heavy (non-hydrogen) atoms. The summed E-state index contributed by atoms with van der Waals surface area (Å²) >= 11 is 9.47. The highest BCUT2D eigenvalue weighted by molar-refractivity contribution is 9.10. The van der Waals surface area contributed by atoms with Crippen molar-refractivity contribution in [2.24, 2.45) is 0 Å². The molecule has 0 bridgehead atoms. The summed E-state index contributed by atoms with van der Waals surface area (Å²) in [6.45, 7) is 2.32. The third-order valence-corrected chi connectivity index (χ3v) is 4.32. The van der Waals surface area contributed by atoms with E-state index >= 15 is 0 Å². The van der Waals surface area contributed by atoms with Gasteiger partial charge in [0, 0.05) is 17.4 Å². The molecule has 124 valence electrons. The number of hydrogen-bond acceptors (Lipinski definition) is 3. The number of carbonyl (C=O) groups excluding carboxylic acids is 1. The van der Waals surface area contributed by atoms with E-state index in [4.69, 9.17) is 11.6 Å². The Morgan fingerprint density at radius 3 is 2.79 bits per heavy atom. The highest BCUT2D eigenvalue weighted by Gasteiger charge is 2.16. The number of nitrogens with one attached hydrogen (secondary N) is 1. The minimum Gasteiger partial charge on any atom is -0.322 e. The van der Waals surface area contributed by atoms with Crippen LogP contribution < -0.4 is 5.32 Å². The lowest BCUT2D eigenvalue weighted by atomic mass is 10.2. The van der Waals surface area contributed by atoms with Crippen LogP contribution in [0.4, 0.5) is 5.69 Å². The largest absolute Gasteiger partial charge is 0.322 e. The number of halogens is 2. The first-order chi connectivity index (χ1) is 11.5. The van der Waals surface area contributed by atoms with Crippen LogP contribution in [0, 0.1) is 0 Å². The first-order valence-electron chi connectivity index (χ1n) is 7.29. The van der Waals surface area contributed by atoms with E-state index < -0.39 is 6.04 Å². The molecule has 1 N–H and O–H groups in total. The Kier molecular flexibility index (Phi) is 5.01. The number of hydrogen-bond donors (Lipinski definition) is 1. The zero-order chi connectivity index (χ0) is 17.1. The molecule has 8 heteroatoms. The zero-order valence-corrected chi connectivity index (χ0v) is 15.2. The second kappa shape index (κ2) is 7.19. The number of rotatable bonds is 5. The number of amides is 1. The van der Waals surface area contributed by atoms with E-state index in [1.165, 1.54) is 0 Å². The van der Waals surface area contributed by atoms with Crippen molar-refractivity contribution in [2.45, 2.75) is 19.5 Å². The van der Waals surface area contributed by atoms with E-state index in [0.29, 0.717) is 17.3 Å². The molecule has 2 heterocycles. The molecule has 0 aliphatic heterocycles. The second-order valence-corrected chi connectivity index (χ2v) is 6.64. The molecule has 0 fully saturated rings. The molecule has 2 aromatic heterocycles. The van der Waals surface area contributed by atoms with Crippen LogP contribution in [-0.2, 0) is 11.3 Å². The van der Waals surface area contributed by atoms with Crippen LogP contribution in [0.3, 0.4) is 0 Å². The lowest BCUT2D eigenvalue weighted by molar-refractivity contribution is -0.119. The summed E-state index contributed by atoms with van der Waals surface area (Å²) in [6, 6.07) is 7.17. The normalized spacial score (nSPS) is 12.1. The summed E-state index contributed by atoms with van der Waals surface area (Å²) in [7, 11) is 0. The van der Waals surface area contributed by atoms with E-state index in [0.717, 1.165) is 10.0 Å². The van der Waals surface area contributed by atoms with Gasteiger partial charge in [-0.2, -0.15) is 10.2 Å². The molecule has 0 saturated heterocycles. The quantitative estimate of drug-likeness (QED) is 0.699. The van der Waals surface area contributed by atoms with Crippen molar-refractivity contribution in [3.63, 3.8) is 0 Å². The van der Waals surface area contributed by atoms with Crippen LogP contribution in [0.15, 0.2) is 53.5 Å². The van der Waals surface area contributed by atoms with Crippen molar-refractivity contribution in [2.75, 3.05) is 5.32 Å². The predicted octanol–water partition coefficient (Wildman–Crippen LogP) is 3.74. The van der Waals surface area contributed by atoms with Crippen LogP contribution in [0.2, 0.25) is 5.02 Å². The minimum absolute atomic E-state index is 0.164. The lowest BCUT2D eigenvalue weighted by Crippen LogP contribution is -2.23. The molecular formula is C16H15BrClN5O. The van der Waals surface area contributed by atoms with E-state index in [1.54, 1.807) is 41.1 Å². The molecule has 1 atom stereocenters. The molecule has 1 aromatic carbocycles. The highest BCUT2D eigenvalue weighted by Crippen LogP contribution is 2.18. The van der Waals surface area contributed by atoms with Crippen molar-refractivity contribution in [1.29, 1.82) is 0 Å². The molecule has 1 unspecified atom stereocenters. The van der Waals surface area contributed by atoms with Gasteiger partial charge < -0.3 is 5.32 Å². The molecule has 3 rings (SSSR count). The first-order valence-corrected chi connectivity index (χ1v) is 8.46. The molecule has 0 saturated carbocycles. The number of nitrogens with zero attached hydrogens (tertiary/aromatic N) is 4. The van der Waals surface area contributed by atoms with Crippen molar-refractivity contribution >= 4 is 39.1 Å². The van der Waals surface area contributed by atoms with Gasteiger partial charge in [0.15, 0.2) is 0 Å². The molecule has 0 spiro atoms. The topological polar surface area (TPSA) is 64.7 Å². The maximum Gasteiger partial charge on any atom is 0.249 e. The van der Waals surface area contributed by atoms with Gasteiger partial charge in [0.05, 0.1) is 29.1 Å².